The van der Waals surface area contributed by atoms with Crippen molar-refractivity contribution in [2.24, 2.45) is 0 Å². The summed E-state index contributed by atoms with van der Waals surface area (Å²) >= 11 is 0. The number of hydrogen-bond acceptors (Lipinski definition) is 3. The molecule has 0 aliphatic heterocycles. The summed E-state index contributed by atoms with van der Waals surface area (Å²) < 4.78 is 12.9. The fourth-order valence-electron chi connectivity index (χ4n) is 1.82. The lowest BCUT2D eigenvalue weighted by molar-refractivity contribution is 0.315. The van der Waals surface area contributed by atoms with Crippen LogP contribution in [0.4, 0.5) is 10.1 Å². The van der Waals surface area contributed by atoms with Crippen LogP contribution in [0.25, 0.3) is 0 Å². The van der Waals surface area contributed by atoms with Crippen molar-refractivity contribution in [1.29, 1.82) is 0 Å². The highest BCUT2D eigenvalue weighted by Gasteiger charge is 2.06. The Bertz CT molecular complexity index is 514. The SMILES string of the molecule is CN(Cc1ccccn1)Cc1ccc(F)cc1N. The summed E-state index contributed by atoms with van der Waals surface area (Å²) in [5.74, 6) is -0.302. The van der Waals surface area contributed by atoms with E-state index in [-0.39, 0.29) is 5.82 Å². The molecule has 0 fully saturated rings. The van der Waals surface area contributed by atoms with Crippen molar-refractivity contribution in [3.63, 3.8) is 0 Å². The van der Waals surface area contributed by atoms with Crippen molar-refractivity contribution >= 4 is 5.69 Å². The molecule has 0 amide bonds. The van der Waals surface area contributed by atoms with Crippen LogP contribution in [0.3, 0.4) is 0 Å². The maximum absolute atomic E-state index is 12.9. The van der Waals surface area contributed by atoms with Crippen molar-refractivity contribution < 1.29 is 4.39 Å². The summed E-state index contributed by atoms with van der Waals surface area (Å²) in [6.07, 6.45) is 1.77. The maximum Gasteiger partial charge on any atom is 0.125 e. The Balaban J connectivity index is 2.01. The lowest BCUT2D eigenvalue weighted by Gasteiger charge is -2.17. The quantitative estimate of drug-likeness (QED) is 0.841. The molecule has 0 radical (unpaired) electrons. The molecule has 1 aromatic heterocycles. The molecule has 0 aliphatic rings. The molecule has 0 unspecified atom stereocenters. The number of aromatic nitrogens is 1. The minimum atomic E-state index is -0.302. The van der Waals surface area contributed by atoms with Gasteiger partial charge < -0.3 is 5.73 Å². The van der Waals surface area contributed by atoms with E-state index in [9.17, 15) is 4.39 Å². The van der Waals surface area contributed by atoms with Gasteiger partial charge in [-0.3, -0.25) is 9.88 Å². The van der Waals surface area contributed by atoms with E-state index < -0.39 is 0 Å². The monoisotopic (exact) mass is 245 g/mol. The van der Waals surface area contributed by atoms with Gasteiger partial charge >= 0.3 is 0 Å². The Hall–Kier alpha value is -1.94. The lowest BCUT2D eigenvalue weighted by atomic mass is 10.1. The normalized spacial score (nSPS) is 10.8. The molecule has 1 aromatic carbocycles. The van der Waals surface area contributed by atoms with E-state index in [1.165, 1.54) is 12.1 Å². The second kappa shape index (κ2) is 5.60. The first kappa shape index (κ1) is 12.5. The molecule has 2 aromatic rings. The predicted molar refractivity (Wildman–Crippen MR) is 70.2 cm³/mol. The molecule has 0 spiro atoms. The molecule has 94 valence electrons. The molecule has 18 heavy (non-hydrogen) atoms. The molecule has 0 saturated carbocycles. The van der Waals surface area contributed by atoms with Crippen LogP contribution in [-0.2, 0) is 13.1 Å². The van der Waals surface area contributed by atoms with Gasteiger partial charge in [0.1, 0.15) is 5.82 Å². The molecule has 0 bridgehead atoms. The van der Waals surface area contributed by atoms with Crippen molar-refractivity contribution in [2.75, 3.05) is 12.8 Å². The number of benzene rings is 1. The lowest BCUT2D eigenvalue weighted by Crippen LogP contribution is -2.18. The molecule has 1 heterocycles. The van der Waals surface area contributed by atoms with Gasteiger partial charge in [-0.05, 0) is 36.9 Å². The number of hydrogen-bond donors (Lipinski definition) is 1. The Morgan fingerprint density at radius 2 is 2.06 bits per heavy atom. The van der Waals surface area contributed by atoms with E-state index in [2.05, 4.69) is 9.88 Å². The van der Waals surface area contributed by atoms with Crippen LogP contribution in [0, 0.1) is 5.82 Å². The van der Waals surface area contributed by atoms with Crippen molar-refractivity contribution in [3.8, 4) is 0 Å². The average molecular weight is 245 g/mol. The highest BCUT2D eigenvalue weighted by molar-refractivity contribution is 5.46. The van der Waals surface area contributed by atoms with E-state index >= 15 is 0 Å². The van der Waals surface area contributed by atoms with Gasteiger partial charge in [-0.1, -0.05) is 12.1 Å². The third-order valence-electron chi connectivity index (χ3n) is 2.71. The third-order valence-corrected chi connectivity index (χ3v) is 2.71. The zero-order valence-corrected chi connectivity index (χ0v) is 10.3. The second-order valence-electron chi connectivity index (χ2n) is 4.34. The number of anilines is 1. The molecule has 0 aliphatic carbocycles. The van der Waals surface area contributed by atoms with Gasteiger partial charge in [0, 0.05) is 25.0 Å². The van der Waals surface area contributed by atoms with Crippen molar-refractivity contribution in [1.82, 2.24) is 9.88 Å². The topological polar surface area (TPSA) is 42.2 Å². The molecule has 2 N–H and O–H groups in total. The molecule has 2 rings (SSSR count). The summed E-state index contributed by atoms with van der Waals surface area (Å²) in [5.41, 5.74) is 8.20. The first-order valence-electron chi connectivity index (χ1n) is 5.77. The van der Waals surface area contributed by atoms with E-state index in [0.717, 1.165) is 17.8 Å². The molecular formula is C14H16FN3. The average Bonchev–Trinajstić information content (AvgIpc) is 2.34. The largest absolute Gasteiger partial charge is 0.398 e. The smallest absolute Gasteiger partial charge is 0.125 e. The second-order valence-corrected chi connectivity index (χ2v) is 4.34. The summed E-state index contributed by atoms with van der Waals surface area (Å²) in [7, 11) is 1.98. The van der Waals surface area contributed by atoms with Gasteiger partial charge in [0.25, 0.3) is 0 Å². The molecular weight excluding hydrogens is 229 g/mol. The van der Waals surface area contributed by atoms with Crippen LogP contribution >= 0.6 is 0 Å². The highest BCUT2D eigenvalue weighted by atomic mass is 19.1. The predicted octanol–water partition coefficient (Wildman–Crippen LogP) is 2.43. The van der Waals surface area contributed by atoms with Crippen molar-refractivity contribution in [3.05, 3.63) is 59.7 Å². The van der Waals surface area contributed by atoms with Gasteiger partial charge in [0.15, 0.2) is 0 Å². The van der Waals surface area contributed by atoms with E-state index in [1.54, 1.807) is 12.3 Å². The Labute approximate surface area is 106 Å². The fraction of sp³-hybridized carbons (Fsp3) is 0.214. The molecule has 3 nitrogen and oxygen atoms in total. The summed E-state index contributed by atoms with van der Waals surface area (Å²) in [5, 5.41) is 0. The summed E-state index contributed by atoms with van der Waals surface area (Å²) in [6.45, 7) is 1.40. The van der Waals surface area contributed by atoms with Crippen LogP contribution < -0.4 is 5.73 Å². The van der Waals surface area contributed by atoms with Crippen LogP contribution in [0.1, 0.15) is 11.3 Å². The van der Waals surface area contributed by atoms with E-state index in [0.29, 0.717) is 12.2 Å². The van der Waals surface area contributed by atoms with Gasteiger partial charge in [0.05, 0.1) is 5.69 Å². The van der Waals surface area contributed by atoms with E-state index in [4.69, 9.17) is 5.73 Å². The summed E-state index contributed by atoms with van der Waals surface area (Å²) in [4.78, 5) is 6.35. The van der Waals surface area contributed by atoms with Crippen molar-refractivity contribution in [2.45, 2.75) is 13.1 Å². The molecule has 0 atom stereocenters. The molecule has 0 saturated heterocycles. The first-order chi connectivity index (χ1) is 8.65. The fourth-order valence-corrected chi connectivity index (χ4v) is 1.82. The van der Waals surface area contributed by atoms with Gasteiger partial charge in [-0.25, -0.2) is 4.39 Å². The maximum atomic E-state index is 12.9. The standard InChI is InChI=1S/C14H16FN3/c1-18(10-13-4-2-3-7-17-13)9-11-5-6-12(15)8-14(11)16/h2-8H,9-10,16H2,1H3. The Morgan fingerprint density at radius 3 is 2.72 bits per heavy atom. The van der Waals surface area contributed by atoms with E-state index in [1.807, 2.05) is 25.2 Å². The van der Waals surface area contributed by atoms with Crippen LogP contribution in [-0.4, -0.2) is 16.9 Å². The minimum absolute atomic E-state index is 0.302. The zero-order valence-electron chi connectivity index (χ0n) is 10.3. The minimum Gasteiger partial charge on any atom is -0.398 e. The zero-order chi connectivity index (χ0) is 13.0. The first-order valence-corrected chi connectivity index (χ1v) is 5.77. The Kier molecular flexibility index (Phi) is 3.89. The highest BCUT2D eigenvalue weighted by Crippen LogP contribution is 2.15. The number of nitrogen functional groups attached to an aromatic ring is 1. The van der Waals surface area contributed by atoms with Gasteiger partial charge in [-0.2, -0.15) is 0 Å². The van der Waals surface area contributed by atoms with Crippen LogP contribution in [0.5, 0.6) is 0 Å². The number of rotatable bonds is 4. The summed E-state index contributed by atoms with van der Waals surface area (Å²) in [6, 6.07) is 10.3. The third kappa shape index (κ3) is 3.28. The van der Waals surface area contributed by atoms with Crippen LogP contribution in [0.15, 0.2) is 42.6 Å². The van der Waals surface area contributed by atoms with Crippen LogP contribution in [0.2, 0.25) is 0 Å². The van der Waals surface area contributed by atoms with Gasteiger partial charge in [0.2, 0.25) is 0 Å². The number of nitrogens with two attached hydrogens (primary N) is 1. The number of halogens is 1. The number of pyridine rings is 1. The molecule has 4 heteroatoms. The van der Waals surface area contributed by atoms with Gasteiger partial charge in [-0.15, -0.1) is 0 Å². The number of nitrogens with zero attached hydrogens (tertiary/aromatic N) is 2. The Morgan fingerprint density at radius 1 is 1.22 bits per heavy atom.